The second kappa shape index (κ2) is 6.45. The smallest absolute Gasteiger partial charge is 0.254 e. The maximum Gasteiger partial charge on any atom is 0.254 e. The van der Waals surface area contributed by atoms with Gasteiger partial charge in [0.05, 0.1) is 17.3 Å². The van der Waals surface area contributed by atoms with Gasteiger partial charge in [0.25, 0.3) is 5.91 Å². The Labute approximate surface area is 106 Å². The van der Waals surface area contributed by atoms with Crippen molar-refractivity contribution >= 4 is 23.2 Å². The van der Waals surface area contributed by atoms with Gasteiger partial charge in [-0.15, -0.1) is 0 Å². The number of halogens is 2. The standard InChI is InChI=1S/C12H16ClFN2O/c1-16(2)12(17)10-5-4-9(8-11(10)13)15-7-3-6-14/h4-5,8,15H,3,6-7H2,1-2H3. The highest BCUT2D eigenvalue weighted by Gasteiger charge is 2.12. The zero-order valence-electron chi connectivity index (χ0n) is 9.96. The van der Waals surface area contributed by atoms with E-state index in [0.717, 1.165) is 5.69 Å². The molecule has 1 aromatic carbocycles. The normalized spacial score (nSPS) is 10.1. The fourth-order valence-electron chi connectivity index (χ4n) is 1.34. The lowest BCUT2D eigenvalue weighted by Crippen LogP contribution is -2.22. The summed E-state index contributed by atoms with van der Waals surface area (Å²) in [6.07, 6.45) is 0.454. The highest BCUT2D eigenvalue weighted by molar-refractivity contribution is 6.34. The Morgan fingerprint density at radius 3 is 2.71 bits per heavy atom. The molecule has 1 rings (SSSR count). The Morgan fingerprint density at radius 1 is 1.47 bits per heavy atom. The number of hydrogen-bond donors (Lipinski definition) is 1. The molecule has 17 heavy (non-hydrogen) atoms. The first-order valence-electron chi connectivity index (χ1n) is 5.37. The number of nitrogens with zero attached hydrogens (tertiary/aromatic N) is 1. The van der Waals surface area contributed by atoms with Crippen LogP contribution in [0.1, 0.15) is 16.8 Å². The third-order valence-electron chi connectivity index (χ3n) is 2.25. The zero-order chi connectivity index (χ0) is 12.8. The van der Waals surface area contributed by atoms with E-state index in [9.17, 15) is 9.18 Å². The summed E-state index contributed by atoms with van der Waals surface area (Å²) < 4.78 is 11.9. The summed E-state index contributed by atoms with van der Waals surface area (Å²) in [7, 11) is 3.35. The molecule has 1 N–H and O–H groups in total. The molecule has 94 valence electrons. The minimum Gasteiger partial charge on any atom is -0.385 e. The number of amides is 1. The maximum atomic E-state index is 11.9. The van der Waals surface area contributed by atoms with Crippen molar-refractivity contribution in [3.8, 4) is 0 Å². The van der Waals surface area contributed by atoms with E-state index in [0.29, 0.717) is 23.6 Å². The van der Waals surface area contributed by atoms with Gasteiger partial charge in [-0.1, -0.05) is 11.6 Å². The van der Waals surface area contributed by atoms with Crippen molar-refractivity contribution in [1.29, 1.82) is 0 Å². The molecule has 0 bridgehead atoms. The minimum absolute atomic E-state index is 0.134. The molecule has 5 heteroatoms. The van der Waals surface area contributed by atoms with Crippen LogP contribution in [0.5, 0.6) is 0 Å². The van der Waals surface area contributed by atoms with Gasteiger partial charge in [0, 0.05) is 26.3 Å². The van der Waals surface area contributed by atoms with E-state index in [1.165, 1.54) is 4.90 Å². The van der Waals surface area contributed by atoms with Gasteiger partial charge in [-0.3, -0.25) is 9.18 Å². The number of carbonyl (C=O) groups excluding carboxylic acids is 1. The van der Waals surface area contributed by atoms with Crippen molar-refractivity contribution in [2.75, 3.05) is 32.6 Å². The molecule has 0 aliphatic heterocycles. The molecule has 0 unspecified atom stereocenters. The quantitative estimate of drug-likeness (QED) is 0.824. The van der Waals surface area contributed by atoms with Crippen LogP contribution in [-0.2, 0) is 0 Å². The number of hydrogen-bond acceptors (Lipinski definition) is 2. The summed E-state index contributed by atoms with van der Waals surface area (Å²) in [4.78, 5) is 13.2. The van der Waals surface area contributed by atoms with E-state index in [1.54, 1.807) is 32.3 Å². The summed E-state index contributed by atoms with van der Waals surface area (Å²) >= 11 is 6.02. The third kappa shape index (κ3) is 3.89. The van der Waals surface area contributed by atoms with Crippen molar-refractivity contribution in [1.82, 2.24) is 4.90 Å². The predicted octanol–water partition coefficient (Wildman–Crippen LogP) is 2.81. The molecule has 0 heterocycles. The second-order valence-electron chi connectivity index (χ2n) is 3.86. The van der Waals surface area contributed by atoms with E-state index in [-0.39, 0.29) is 12.6 Å². The van der Waals surface area contributed by atoms with Crippen molar-refractivity contribution in [2.45, 2.75) is 6.42 Å². The van der Waals surface area contributed by atoms with Crippen molar-refractivity contribution in [3.05, 3.63) is 28.8 Å². The van der Waals surface area contributed by atoms with Crippen molar-refractivity contribution < 1.29 is 9.18 Å². The predicted molar refractivity (Wildman–Crippen MR) is 68.6 cm³/mol. The van der Waals surface area contributed by atoms with E-state index < -0.39 is 0 Å². The zero-order valence-corrected chi connectivity index (χ0v) is 10.7. The Balaban J connectivity index is 2.76. The number of anilines is 1. The van der Waals surface area contributed by atoms with E-state index in [4.69, 9.17) is 11.6 Å². The molecule has 1 amide bonds. The van der Waals surface area contributed by atoms with Crippen LogP contribution in [0.15, 0.2) is 18.2 Å². The van der Waals surface area contributed by atoms with Gasteiger partial charge < -0.3 is 10.2 Å². The lowest BCUT2D eigenvalue weighted by molar-refractivity contribution is 0.0828. The van der Waals surface area contributed by atoms with Crippen LogP contribution in [0.2, 0.25) is 5.02 Å². The molecule has 0 radical (unpaired) electrons. The van der Waals surface area contributed by atoms with E-state index in [1.807, 2.05) is 0 Å². The average Bonchev–Trinajstić information content (AvgIpc) is 2.28. The molecule has 0 spiro atoms. The summed E-state index contributed by atoms with van der Waals surface area (Å²) in [6, 6.07) is 5.11. The highest BCUT2D eigenvalue weighted by atomic mass is 35.5. The summed E-state index contributed by atoms with van der Waals surface area (Å²) in [5.41, 5.74) is 1.26. The van der Waals surface area contributed by atoms with E-state index in [2.05, 4.69) is 5.32 Å². The van der Waals surface area contributed by atoms with Crippen LogP contribution in [-0.4, -0.2) is 38.1 Å². The Bertz CT molecular complexity index is 396. The Kier molecular flexibility index (Phi) is 5.22. The molecule has 0 fully saturated rings. The summed E-state index contributed by atoms with van der Waals surface area (Å²) in [6.45, 7) is 0.200. The third-order valence-corrected chi connectivity index (χ3v) is 2.56. The van der Waals surface area contributed by atoms with Crippen molar-refractivity contribution in [3.63, 3.8) is 0 Å². The lowest BCUT2D eigenvalue weighted by atomic mass is 10.2. The molecule has 0 aliphatic carbocycles. The Hall–Kier alpha value is -1.29. The SMILES string of the molecule is CN(C)C(=O)c1ccc(NCCCF)cc1Cl. The Morgan fingerprint density at radius 2 is 2.18 bits per heavy atom. The first-order valence-corrected chi connectivity index (χ1v) is 5.75. The minimum atomic E-state index is -0.349. The first kappa shape index (κ1) is 13.8. The molecule has 3 nitrogen and oxygen atoms in total. The van der Waals surface area contributed by atoms with Crippen LogP contribution in [0.4, 0.5) is 10.1 Å². The van der Waals surface area contributed by atoms with Crippen LogP contribution in [0, 0.1) is 0 Å². The maximum absolute atomic E-state index is 11.9. The van der Waals surface area contributed by atoms with Gasteiger partial charge in [0.15, 0.2) is 0 Å². The first-order chi connectivity index (χ1) is 8.06. The number of nitrogens with one attached hydrogen (secondary N) is 1. The molecule has 0 saturated heterocycles. The average molecular weight is 259 g/mol. The molecule has 0 aromatic heterocycles. The molecule has 1 aromatic rings. The molecule has 0 saturated carbocycles. The van der Waals surface area contributed by atoms with E-state index >= 15 is 0 Å². The number of alkyl halides is 1. The summed E-state index contributed by atoms with van der Waals surface area (Å²) in [5, 5.41) is 3.43. The van der Waals surface area contributed by atoms with Gasteiger partial charge in [-0.05, 0) is 24.6 Å². The molecule has 0 aliphatic rings. The number of rotatable bonds is 5. The lowest BCUT2D eigenvalue weighted by Gasteiger charge is -2.13. The van der Waals surface area contributed by atoms with Gasteiger partial charge in [-0.2, -0.15) is 0 Å². The topological polar surface area (TPSA) is 32.3 Å². The van der Waals surface area contributed by atoms with Crippen LogP contribution in [0.25, 0.3) is 0 Å². The van der Waals surface area contributed by atoms with Crippen LogP contribution >= 0.6 is 11.6 Å². The van der Waals surface area contributed by atoms with Gasteiger partial charge in [-0.25, -0.2) is 0 Å². The van der Waals surface area contributed by atoms with Crippen molar-refractivity contribution in [2.24, 2.45) is 0 Å². The molecular formula is C12H16ClFN2O. The largest absolute Gasteiger partial charge is 0.385 e. The van der Waals surface area contributed by atoms with Gasteiger partial charge >= 0.3 is 0 Å². The fraction of sp³-hybridized carbons (Fsp3) is 0.417. The van der Waals surface area contributed by atoms with Gasteiger partial charge in [0.2, 0.25) is 0 Å². The van der Waals surface area contributed by atoms with Crippen LogP contribution < -0.4 is 5.32 Å². The summed E-state index contributed by atoms with van der Waals surface area (Å²) in [5.74, 6) is -0.134. The highest BCUT2D eigenvalue weighted by Crippen LogP contribution is 2.21. The number of carbonyl (C=O) groups is 1. The molecular weight excluding hydrogens is 243 g/mol. The van der Waals surface area contributed by atoms with Gasteiger partial charge in [0.1, 0.15) is 0 Å². The van der Waals surface area contributed by atoms with Crippen LogP contribution in [0.3, 0.4) is 0 Å². The monoisotopic (exact) mass is 258 g/mol. The number of benzene rings is 1. The molecule has 0 atom stereocenters. The second-order valence-corrected chi connectivity index (χ2v) is 4.27. The fourth-order valence-corrected chi connectivity index (χ4v) is 1.60.